The van der Waals surface area contributed by atoms with Crippen molar-refractivity contribution in [3.63, 3.8) is 0 Å². The molecule has 0 heterocycles. The molecule has 0 rings (SSSR count). The number of carboxylic acids is 1. The van der Waals surface area contributed by atoms with Crippen molar-refractivity contribution < 1.29 is 14.7 Å². The topological polar surface area (TPSA) is 92.4 Å². The summed E-state index contributed by atoms with van der Waals surface area (Å²) in [6.45, 7) is 1.04. The maximum absolute atomic E-state index is 11.0. The molecule has 15 heavy (non-hydrogen) atoms. The van der Waals surface area contributed by atoms with Crippen molar-refractivity contribution in [2.75, 3.05) is 13.1 Å². The zero-order valence-corrected chi connectivity index (χ0v) is 9.00. The third-order valence-corrected chi connectivity index (χ3v) is 2.01. The number of amides is 1. The summed E-state index contributed by atoms with van der Waals surface area (Å²) in [6.07, 6.45) is 4.08. The van der Waals surface area contributed by atoms with E-state index in [1.807, 2.05) is 0 Å². The minimum atomic E-state index is -0.744. The van der Waals surface area contributed by atoms with Gasteiger partial charge in [-0.15, -0.1) is 0 Å². The Balaban J connectivity index is 3.11. The van der Waals surface area contributed by atoms with Gasteiger partial charge in [0.1, 0.15) is 0 Å². The smallest absolute Gasteiger partial charge is 0.303 e. The lowest BCUT2D eigenvalue weighted by molar-refractivity contribution is -0.137. The second-order valence-electron chi connectivity index (χ2n) is 3.45. The van der Waals surface area contributed by atoms with Gasteiger partial charge < -0.3 is 16.2 Å². The van der Waals surface area contributed by atoms with Crippen molar-refractivity contribution in [1.82, 2.24) is 5.32 Å². The van der Waals surface area contributed by atoms with Crippen molar-refractivity contribution in [3.8, 4) is 0 Å². The third-order valence-electron chi connectivity index (χ3n) is 2.01. The maximum Gasteiger partial charge on any atom is 0.303 e. The number of carboxylic acid groups (broad SMARTS) is 1. The Hall–Kier alpha value is -1.10. The molecule has 1 amide bonds. The van der Waals surface area contributed by atoms with E-state index in [4.69, 9.17) is 10.8 Å². The van der Waals surface area contributed by atoms with E-state index in [2.05, 4.69) is 5.32 Å². The highest BCUT2D eigenvalue weighted by Gasteiger charge is 1.98. The van der Waals surface area contributed by atoms with Crippen LogP contribution in [0.3, 0.4) is 0 Å². The number of nitrogens with one attached hydrogen (secondary N) is 1. The van der Waals surface area contributed by atoms with Gasteiger partial charge in [-0.25, -0.2) is 0 Å². The number of carbonyl (C=O) groups excluding carboxylic acids is 1. The van der Waals surface area contributed by atoms with Crippen LogP contribution >= 0.6 is 0 Å². The highest BCUT2D eigenvalue weighted by molar-refractivity contribution is 5.75. The Labute approximate surface area is 90.0 Å². The molecule has 0 aliphatic rings. The molecule has 0 aromatic carbocycles. The molecule has 0 radical (unpaired) electrons. The van der Waals surface area contributed by atoms with Gasteiger partial charge in [-0.2, -0.15) is 0 Å². The fraction of sp³-hybridized carbons (Fsp3) is 0.800. The van der Waals surface area contributed by atoms with Crippen molar-refractivity contribution in [2.45, 2.75) is 38.5 Å². The molecule has 0 saturated carbocycles. The largest absolute Gasteiger partial charge is 0.481 e. The standard InChI is InChI=1S/C10H20N2O3/c11-7-6-9(13)12-8-4-2-1-3-5-10(14)15/h1-8,11H2,(H,12,13)(H,14,15). The maximum atomic E-state index is 11.0. The van der Waals surface area contributed by atoms with E-state index >= 15 is 0 Å². The van der Waals surface area contributed by atoms with E-state index in [-0.39, 0.29) is 12.3 Å². The predicted molar refractivity (Wildman–Crippen MR) is 57.4 cm³/mol. The van der Waals surface area contributed by atoms with Crippen molar-refractivity contribution in [1.29, 1.82) is 0 Å². The molecule has 0 atom stereocenters. The van der Waals surface area contributed by atoms with Gasteiger partial charge in [0.05, 0.1) is 0 Å². The zero-order chi connectivity index (χ0) is 11.5. The Kier molecular flexibility index (Phi) is 8.76. The summed E-state index contributed by atoms with van der Waals surface area (Å²) in [5.41, 5.74) is 5.21. The van der Waals surface area contributed by atoms with Gasteiger partial charge in [0.25, 0.3) is 0 Å². The summed E-state index contributed by atoms with van der Waals surface area (Å²) in [6, 6.07) is 0. The quantitative estimate of drug-likeness (QED) is 0.489. The van der Waals surface area contributed by atoms with Crippen molar-refractivity contribution >= 4 is 11.9 Å². The minimum Gasteiger partial charge on any atom is -0.481 e. The first-order chi connectivity index (χ1) is 7.16. The van der Waals surface area contributed by atoms with E-state index in [0.29, 0.717) is 25.9 Å². The van der Waals surface area contributed by atoms with Gasteiger partial charge in [0.15, 0.2) is 0 Å². The van der Waals surface area contributed by atoms with Gasteiger partial charge in [-0.3, -0.25) is 9.59 Å². The first-order valence-electron chi connectivity index (χ1n) is 5.35. The predicted octanol–water partition coefficient (Wildman–Crippen LogP) is 0.486. The number of unbranched alkanes of at least 4 members (excludes halogenated alkanes) is 3. The fourth-order valence-electron chi connectivity index (χ4n) is 1.20. The molecule has 0 saturated heterocycles. The summed E-state index contributed by atoms with van der Waals surface area (Å²) in [7, 11) is 0. The lowest BCUT2D eigenvalue weighted by atomic mass is 10.1. The Morgan fingerprint density at radius 2 is 1.73 bits per heavy atom. The summed E-state index contributed by atoms with van der Waals surface area (Å²) < 4.78 is 0. The van der Waals surface area contributed by atoms with E-state index in [1.54, 1.807) is 0 Å². The molecule has 0 fully saturated rings. The Bertz CT molecular complexity index is 195. The molecule has 0 aliphatic carbocycles. The lowest BCUT2D eigenvalue weighted by Crippen LogP contribution is -2.26. The second-order valence-corrected chi connectivity index (χ2v) is 3.45. The average Bonchev–Trinajstić information content (AvgIpc) is 2.16. The van der Waals surface area contributed by atoms with Crippen LogP contribution in [-0.2, 0) is 9.59 Å². The van der Waals surface area contributed by atoms with E-state index in [0.717, 1.165) is 19.3 Å². The van der Waals surface area contributed by atoms with Crippen LogP contribution in [0.5, 0.6) is 0 Å². The normalized spacial score (nSPS) is 9.93. The molecule has 0 aromatic rings. The molecule has 0 unspecified atom stereocenters. The number of nitrogens with two attached hydrogens (primary N) is 1. The van der Waals surface area contributed by atoms with Gasteiger partial charge in [0, 0.05) is 25.9 Å². The molecule has 0 spiro atoms. The molecular formula is C10H20N2O3. The first kappa shape index (κ1) is 13.9. The Morgan fingerprint density at radius 1 is 1.07 bits per heavy atom. The van der Waals surface area contributed by atoms with Gasteiger partial charge >= 0.3 is 5.97 Å². The molecule has 5 heteroatoms. The summed E-state index contributed by atoms with van der Waals surface area (Å²) in [5, 5.41) is 11.1. The van der Waals surface area contributed by atoms with Gasteiger partial charge in [-0.1, -0.05) is 12.8 Å². The van der Waals surface area contributed by atoms with Gasteiger partial charge in [0.2, 0.25) is 5.91 Å². The lowest BCUT2D eigenvalue weighted by Gasteiger charge is -2.03. The molecule has 5 nitrogen and oxygen atoms in total. The fourth-order valence-corrected chi connectivity index (χ4v) is 1.20. The van der Waals surface area contributed by atoms with E-state index in [9.17, 15) is 9.59 Å². The summed E-state index contributed by atoms with van der Waals surface area (Å²) in [5.74, 6) is -0.755. The molecule has 0 aliphatic heterocycles. The Morgan fingerprint density at radius 3 is 2.33 bits per heavy atom. The molecule has 0 aromatic heterocycles. The summed E-state index contributed by atoms with van der Waals surface area (Å²) in [4.78, 5) is 21.1. The van der Waals surface area contributed by atoms with E-state index in [1.165, 1.54) is 0 Å². The van der Waals surface area contributed by atoms with Gasteiger partial charge in [-0.05, 0) is 12.8 Å². The minimum absolute atomic E-state index is 0.0111. The van der Waals surface area contributed by atoms with Crippen molar-refractivity contribution in [2.24, 2.45) is 5.73 Å². The molecular weight excluding hydrogens is 196 g/mol. The number of carbonyl (C=O) groups is 2. The number of aliphatic carboxylic acids is 1. The van der Waals surface area contributed by atoms with Crippen LogP contribution in [0.1, 0.15) is 38.5 Å². The van der Waals surface area contributed by atoms with Crippen molar-refractivity contribution in [3.05, 3.63) is 0 Å². The van der Waals surface area contributed by atoms with Crippen LogP contribution in [-0.4, -0.2) is 30.1 Å². The molecule has 88 valence electrons. The van der Waals surface area contributed by atoms with Crippen LogP contribution in [0.15, 0.2) is 0 Å². The SMILES string of the molecule is NCCC(=O)NCCCCCCC(=O)O. The average molecular weight is 216 g/mol. The highest BCUT2D eigenvalue weighted by Crippen LogP contribution is 2.02. The zero-order valence-electron chi connectivity index (χ0n) is 9.00. The molecule has 4 N–H and O–H groups in total. The summed E-state index contributed by atoms with van der Waals surface area (Å²) >= 11 is 0. The highest BCUT2D eigenvalue weighted by atomic mass is 16.4. The van der Waals surface area contributed by atoms with Crippen LogP contribution in [0.25, 0.3) is 0 Å². The number of hydrogen-bond donors (Lipinski definition) is 3. The van der Waals surface area contributed by atoms with Crippen LogP contribution in [0, 0.1) is 0 Å². The number of hydrogen-bond acceptors (Lipinski definition) is 3. The third kappa shape index (κ3) is 10.8. The van der Waals surface area contributed by atoms with E-state index < -0.39 is 5.97 Å². The molecule has 0 bridgehead atoms. The first-order valence-corrected chi connectivity index (χ1v) is 5.35. The second kappa shape index (κ2) is 9.45. The van der Waals surface area contributed by atoms with Crippen LogP contribution < -0.4 is 11.1 Å². The van der Waals surface area contributed by atoms with Crippen LogP contribution in [0.2, 0.25) is 0 Å². The number of rotatable bonds is 9. The monoisotopic (exact) mass is 216 g/mol. The van der Waals surface area contributed by atoms with Crippen LogP contribution in [0.4, 0.5) is 0 Å².